The number of rotatable bonds is 16. The molecule has 0 aliphatic carbocycles. The van der Waals surface area contributed by atoms with Crippen LogP contribution in [0.25, 0.3) is 0 Å². The van der Waals surface area contributed by atoms with E-state index in [4.69, 9.17) is 20.4 Å². The van der Waals surface area contributed by atoms with E-state index in [0.29, 0.717) is 0 Å². The van der Waals surface area contributed by atoms with Crippen LogP contribution < -0.4 is 0 Å². The predicted molar refractivity (Wildman–Crippen MR) is 112 cm³/mol. The van der Waals surface area contributed by atoms with Crippen LogP contribution in [0.3, 0.4) is 0 Å². The van der Waals surface area contributed by atoms with Crippen LogP contribution in [-0.2, 0) is 14.4 Å². The highest BCUT2D eigenvalue weighted by molar-refractivity contribution is 5.88. The van der Waals surface area contributed by atoms with Gasteiger partial charge in [0.15, 0.2) is 5.60 Å². The number of quaternary nitrogens is 1. The summed E-state index contributed by atoms with van der Waals surface area (Å²) in [7, 11) is 6.86. The number of hydrogen-bond donors (Lipinski definition) is 4. The molecule has 0 unspecified atom stereocenters. The Kier molecular flexibility index (Phi) is 16.5. The molecule has 0 fully saturated rings. The first-order valence-electron chi connectivity index (χ1n) is 10.5. The van der Waals surface area contributed by atoms with Crippen molar-refractivity contribution in [2.75, 3.05) is 27.7 Å². The molecule has 0 rings (SSSR count). The van der Waals surface area contributed by atoms with Gasteiger partial charge in [0, 0.05) is 0 Å². The van der Waals surface area contributed by atoms with Gasteiger partial charge in [0.2, 0.25) is 0 Å². The molecule has 0 aliphatic rings. The topological polar surface area (TPSA) is 132 Å². The van der Waals surface area contributed by atoms with Crippen LogP contribution in [0.1, 0.15) is 84.0 Å². The number of nitrogens with zero attached hydrogens (tertiary/aromatic N) is 1. The van der Waals surface area contributed by atoms with Gasteiger partial charge in [0.25, 0.3) is 0 Å². The number of hydrogen-bond acceptors (Lipinski definition) is 4. The molecule has 0 saturated carbocycles. The second kappa shape index (κ2) is 16.2. The molecule has 0 atom stereocenters. The molecule has 8 nitrogen and oxygen atoms in total. The van der Waals surface area contributed by atoms with Gasteiger partial charge in [0.1, 0.15) is 0 Å². The smallest absolute Gasteiger partial charge is 0.336 e. The van der Waals surface area contributed by atoms with E-state index in [1.54, 1.807) is 0 Å². The average molecular weight is 421 g/mol. The van der Waals surface area contributed by atoms with Crippen molar-refractivity contribution in [3.05, 3.63) is 0 Å². The number of aliphatic hydroxyl groups is 1. The third-order valence-electron chi connectivity index (χ3n) is 4.47. The molecule has 0 amide bonds. The van der Waals surface area contributed by atoms with Gasteiger partial charge in [-0.25, -0.2) is 4.79 Å². The molecule has 0 aromatic rings. The summed E-state index contributed by atoms with van der Waals surface area (Å²) in [5, 5.41) is 33.8. The predicted octanol–water partition coefficient (Wildman–Crippen LogP) is 3.37. The normalized spacial score (nSPS) is 11.5. The minimum atomic E-state index is -2.74. The number of carboxylic acids is 3. The minimum absolute atomic E-state index is 1.12. The molecule has 0 aromatic heterocycles. The number of carboxylic acid groups (broad SMARTS) is 3. The Morgan fingerprint density at radius 3 is 1.31 bits per heavy atom. The zero-order valence-electron chi connectivity index (χ0n) is 18.7. The van der Waals surface area contributed by atoms with E-state index < -0.39 is 36.4 Å². The lowest BCUT2D eigenvalue weighted by Crippen LogP contribution is -2.42. The summed E-state index contributed by atoms with van der Waals surface area (Å²) >= 11 is 0. The monoisotopic (exact) mass is 420 g/mol. The highest BCUT2D eigenvalue weighted by Gasteiger charge is 2.40. The standard InChI is InChI=1S/C15H34N.C6H8O7/c1-5-6-7-8-9-10-11-12-13-14-15-16(2,3)4;7-3(8)1-6(13,5(11)12)2-4(9)10/h5-15H2,1-4H3;13H,1-2H2,(H,7,8)(H,9,10)(H,11,12)/q+1;. The molecule has 0 saturated heterocycles. The van der Waals surface area contributed by atoms with E-state index in [0.717, 1.165) is 4.48 Å². The van der Waals surface area contributed by atoms with E-state index in [1.165, 1.54) is 70.8 Å². The van der Waals surface area contributed by atoms with Gasteiger partial charge in [-0.15, -0.1) is 0 Å². The van der Waals surface area contributed by atoms with Crippen molar-refractivity contribution >= 4 is 17.9 Å². The van der Waals surface area contributed by atoms with Crippen LogP contribution in [0.4, 0.5) is 0 Å². The Labute approximate surface area is 175 Å². The third-order valence-corrected chi connectivity index (χ3v) is 4.47. The van der Waals surface area contributed by atoms with Crippen molar-refractivity contribution in [3.63, 3.8) is 0 Å². The molecule has 0 aliphatic heterocycles. The van der Waals surface area contributed by atoms with Crippen molar-refractivity contribution in [3.8, 4) is 0 Å². The second-order valence-corrected chi connectivity index (χ2v) is 8.67. The van der Waals surface area contributed by atoms with Gasteiger partial charge in [-0.1, -0.05) is 58.3 Å². The lowest BCUT2D eigenvalue weighted by Gasteiger charge is -2.23. The zero-order valence-corrected chi connectivity index (χ0v) is 18.7. The van der Waals surface area contributed by atoms with E-state index in [2.05, 4.69) is 28.1 Å². The van der Waals surface area contributed by atoms with Gasteiger partial charge in [0.05, 0.1) is 40.5 Å². The fraction of sp³-hybridized carbons (Fsp3) is 0.857. The molecule has 29 heavy (non-hydrogen) atoms. The molecule has 0 bridgehead atoms. The Bertz CT molecular complexity index is 456. The van der Waals surface area contributed by atoms with Crippen molar-refractivity contribution < 1.29 is 39.3 Å². The molecule has 0 heterocycles. The summed E-state index contributed by atoms with van der Waals surface area (Å²) in [5.74, 6) is -5.02. The van der Waals surface area contributed by atoms with Crippen molar-refractivity contribution in [1.29, 1.82) is 0 Å². The third kappa shape index (κ3) is 20.9. The van der Waals surface area contributed by atoms with Gasteiger partial charge >= 0.3 is 17.9 Å². The van der Waals surface area contributed by atoms with Gasteiger partial charge in [-0.3, -0.25) is 9.59 Å². The fourth-order valence-corrected chi connectivity index (χ4v) is 2.79. The quantitative estimate of drug-likeness (QED) is 0.222. The number of aliphatic carboxylic acids is 3. The summed E-state index contributed by atoms with van der Waals surface area (Å²) in [6.07, 6.45) is 12.1. The summed E-state index contributed by atoms with van der Waals surface area (Å²) in [4.78, 5) is 30.5. The first-order chi connectivity index (χ1) is 13.3. The molecule has 4 N–H and O–H groups in total. The van der Waals surface area contributed by atoms with E-state index in [1.807, 2.05) is 0 Å². The molecule has 0 radical (unpaired) electrons. The zero-order chi connectivity index (χ0) is 22.9. The Balaban J connectivity index is 0. The summed E-state index contributed by atoms with van der Waals surface area (Å²) < 4.78 is 1.12. The van der Waals surface area contributed by atoms with Crippen molar-refractivity contribution in [2.24, 2.45) is 0 Å². The second-order valence-electron chi connectivity index (χ2n) is 8.67. The van der Waals surface area contributed by atoms with E-state index >= 15 is 0 Å². The van der Waals surface area contributed by atoms with Crippen LogP contribution in [0, 0.1) is 0 Å². The molecular formula is C21H42NO7+. The van der Waals surface area contributed by atoms with Crippen LogP contribution in [0.2, 0.25) is 0 Å². The summed E-state index contributed by atoms with van der Waals surface area (Å²) in [5.41, 5.74) is -2.74. The molecule has 172 valence electrons. The van der Waals surface area contributed by atoms with E-state index in [9.17, 15) is 14.4 Å². The summed E-state index contributed by atoms with van der Waals surface area (Å²) in [6.45, 7) is 3.62. The first kappa shape index (κ1) is 29.5. The Morgan fingerprint density at radius 2 is 1.03 bits per heavy atom. The lowest BCUT2D eigenvalue weighted by atomic mass is 9.96. The fourth-order valence-electron chi connectivity index (χ4n) is 2.79. The number of carbonyl (C=O) groups is 3. The maximum atomic E-state index is 10.3. The SMILES string of the molecule is CCCCCCCCCCCC[N+](C)(C)C.O=C(O)CC(O)(CC(=O)O)C(=O)O. The van der Waals surface area contributed by atoms with Crippen LogP contribution in [0.5, 0.6) is 0 Å². The lowest BCUT2D eigenvalue weighted by molar-refractivity contribution is -0.870. The molecule has 8 heteroatoms. The molecular weight excluding hydrogens is 378 g/mol. The van der Waals surface area contributed by atoms with Crippen LogP contribution in [-0.4, -0.2) is 76.1 Å². The maximum absolute atomic E-state index is 10.3. The minimum Gasteiger partial charge on any atom is -0.481 e. The van der Waals surface area contributed by atoms with E-state index in [-0.39, 0.29) is 0 Å². The number of unbranched alkanes of at least 4 members (excludes halogenated alkanes) is 9. The van der Waals surface area contributed by atoms with Gasteiger partial charge in [-0.05, 0) is 12.8 Å². The van der Waals surface area contributed by atoms with Crippen molar-refractivity contribution in [1.82, 2.24) is 0 Å². The summed E-state index contributed by atoms with van der Waals surface area (Å²) in [6, 6.07) is 0. The van der Waals surface area contributed by atoms with Crippen LogP contribution >= 0.6 is 0 Å². The highest BCUT2D eigenvalue weighted by Crippen LogP contribution is 2.15. The maximum Gasteiger partial charge on any atom is 0.336 e. The van der Waals surface area contributed by atoms with Gasteiger partial charge < -0.3 is 24.9 Å². The molecule has 0 aromatic carbocycles. The Morgan fingerprint density at radius 1 is 0.690 bits per heavy atom. The Hall–Kier alpha value is -1.67. The van der Waals surface area contributed by atoms with Crippen LogP contribution in [0.15, 0.2) is 0 Å². The largest absolute Gasteiger partial charge is 0.481 e. The average Bonchev–Trinajstić information content (AvgIpc) is 2.54. The highest BCUT2D eigenvalue weighted by atomic mass is 16.4. The first-order valence-corrected chi connectivity index (χ1v) is 10.5. The van der Waals surface area contributed by atoms with Crippen molar-refractivity contribution in [2.45, 2.75) is 89.6 Å². The molecule has 0 spiro atoms. The van der Waals surface area contributed by atoms with Gasteiger partial charge in [-0.2, -0.15) is 0 Å².